The summed E-state index contributed by atoms with van der Waals surface area (Å²) in [5, 5.41) is 15.7. The fourth-order valence-electron chi connectivity index (χ4n) is 5.25. The van der Waals surface area contributed by atoms with E-state index in [2.05, 4.69) is 10.6 Å². The zero-order valence-corrected chi connectivity index (χ0v) is 19.1. The van der Waals surface area contributed by atoms with Crippen molar-refractivity contribution in [3.63, 3.8) is 0 Å². The lowest BCUT2D eigenvalue weighted by atomic mass is 9.84. The van der Waals surface area contributed by atoms with E-state index in [1.54, 1.807) is 6.07 Å². The zero-order valence-electron chi connectivity index (χ0n) is 19.1. The Morgan fingerprint density at radius 1 is 1.00 bits per heavy atom. The van der Waals surface area contributed by atoms with E-state index in [0.29, 0.717) is 24.2 Å². The molecule has 2 fully saturated rings. The van der Waals surface area contributed by atoms with Crippen molar-refractivity contribution in [3.05, 3.63) is 54.1 Å². The molecule has 180 valence electrons. The van der Waals surface area contributed by atoms with E-state index in [4.69, 9.17) is 9.47 Å². The average molecular weight is 466 g/mol. The molecular formula is C26H31N3O5. The van der Waals surface area contributed by atoms with Crippen LogP contribution in [0.25, 0.3) is 0 Å². The predicted molar refractivity (Wildman–Crippen MR) is 128 cm³/mol. The van der Waals surface area contributed by atoms with E-state index in [1.165, 1.54) is 6.42 Å². The molecule has 0 aliphatic carbocycles. The number of amides is 3. The highest BCUT2D eigenvalue weighted by atomic mass is 16.6. The number of likely N-dealkylation sites (tertiary alicyclic amines) is 1. The topological polar surface area (TPSA) is 100 Å². The second kappa shape index (κ2) is 10.0. The van der Waals surface area contributed by atoms with Crippen LogP contribution in [-0.2, 0) is 9.53 Å². The minimum absolute atomic E-state index is 0.0148. The van der Waals surface area contributed by atoms with Gasteiger partial charge in [0.1, 0.15) is 18.0 Å². The molecule has 8 heteroatoms. The monoisotopic (exact) mass is 465 g/mol. The molecule has 3 amide bonds. The smallest absolute Gasteiger partial charge is 0.323 e. The number of piperidine rings is 1. The lowest BCUT2D eigenvalue weighted by molar-refractivity contribution is -0.149. The highest BCUT2D eigenvalue weighted by molar-refractivity contribution is 5.99. The van der Waals surface area contributed by atoms with Crippen LogP contribution >= 0.6 is 0 Å². The Kier molecular flexibility index (Phi) is 6.69. The second-order valence-corrected chi connectivity index (χ2v) is 9.25. The Balaban J connectivity index is 1.28. The van der Waals surface area contributed by atoms with Crippen LogP contribution in [0.3, 0.4) is 0 Å². The number of carbonyl (C=O) groups is 2. The number of benzene rings is 2. The number of urea groups is 1. The molecule has 0 bridgehead atoms. The van der Waals surface area contributed by atoms with Crippen molar-refractivity contribution in [1.29, 1.82) is 0 Å². The summed E-state index contributed by atoms with van der Waals surface area (Å²) >= 11 is 0. The van der Waals surface area contributed by atoms with Gasteiger partial charge in [0.25, 0.3) is 0 Å². The van der Waals surface area contributed by atoms with Crippen LogP contribution in [0.1, 0.15) is 43.6 Å². The Hall–Kier alpha value is -3.10. The summed E-state index contributed by atoms with van der Waals surface area (Å²) in [6.45, 7) is 1.45. The number of aliphatic hydroxyl groups is 1. The van der Waals surface area contributed by atoms with Crippen molar-refractivity contribution in [2.45, 2.75) is 56.3 Å². The van der Waals surface area contributed by atoms with Crippen LogP contribution in [0.15, 0.2) is 48.5 Å². The number of hydrogen-bond acceptors (Lipinski definition) is 5. The molecule has 3 heterocycles. The van der Waals surface area contributed by atoms with Crippen molar-refractivity contribution in [2.24, 2.45) is 0 Å². The first-order valence-corrected chi connectivity index (χ1v) is 12.1. The van der Waals surface area contributed by atoms with Crippen LogP contribution in [0.4, 0.5) is 16.2 Å². The molecule has 0 saturated carbocycles. The Bertz CT molecular complexity index is 1020. The van der Waals surface area contributed by atoms with Gasteiger partial charge in [0.05, 0.1) is 19.1 Å². The van der Waals surface area contributed by atoms with Crippen molar-refractivity contribution < 1.29 is 24.2 Å². The van der Waals surface area contributed by atoms with Gasteiger partial charge in [0.2, 0.25) is 5.91 Å². The zero-order chi connectivity index (χ0) is 23.5. The number of aliphatic hydroxyl groups excluding tert-OH is 1. The van der Waals surface area contributed by atoms with Crippen LogP contribution in [0.2, 0.25) is 0 Å². The van der Waals surface area contributed by atoms with E-state index in [-0.39, 0.29) is 36.7 Å². The number of fused-ring (bicyclic) bond motifs is 3. The number of para-hydroxylation sites is 1. The summed E-state index contributed by atoms with van der Waals surface area (Å²) < 4.78 is 12.2. The highest BCUT2D eigenvalue weighted by Crippen LogP contribution is 2.47. The van der Waals surface area contributed by atoms with Gasteiger partial charge < -0.3 is 30.1 Å². The van der Waals surface area contributed by atoms with E-state index in [9.17, 15) is 14.7 Å². The van der Waals surface area contributed by atoms with E-state index in [1.807, 2.05) is 47.4 Å². The lowest BCUT2D eigenvalue weighted by Crippen LogP contribution is -2.48. The van der Waals surface area contributed by atoms with Crippen LogP contribution in [0, 0.1) is 0 Å². The SMILES string of the molecule is O=C(Nc1ccccc1)Nc1ccc2c(c1)[C@@H]1C[C@H](CC(=O)N3CCCCC3)O[C@@H](CO)[C@@H]1O2. The molecule has 3 aliphatic rings. The number of rotatable bonds is 5. The summed E-state index contributed by atoms with van der Waals surface area (Å²) in [5.41, 5.74) is 2.34. The average Bonchev–Trinajstić information content (AvgIpc) is 3.22. The maximum absolute atomic E-state index is 12.8. The molecule has 8 nitrogen and oxygen atoms in total. The van der Waals surface area contributed by atoms with Crippen LogP contribution in [-0.4, -0.2) is 60.0 Å². The number of ether oxygens (including phenoxy) is 2. The Morgan fingerprint density at radius 2 is 1.76 bits per heavy atom. The van der Waals surface area contributed by atoms with Crippen LogP contribution < -0.4 is 15.4 Å². The largest absolute Gasteiger partial charge is 0.487 e. The third kappa shape index (κ3) is 4.88. The summed E-state index contributed by atoms with van der Waals surface area (Å²) in [6, 6.07) is 14.5. The maximum Gasteiger partial charge on any atom is 0.323 e. The van der Waals surface area contributed by atoms with Crippen molar-refractivity contribution >= 4 is 23.3 Å². The standard InChI is InChI=1S/C26H31N3O5/c30-16-23-25-21(14-19(33-23)15-24(31)29-11-5-2-6-12-29)20-13-18(9-10-22(20)34-25)28-26(32)27-17-7-3-1-4-8-17/h1,3-4,7-10,13,19,21,23,25,30H,2,5-6,11-12,14-16H2,(H2,27,28,32)/t19-,21+,23+,25-/m1/s1. The quantitative estimate of drug-likeness (QED) is 0.625. The van der Waals surface area contributed by atoms with Gasteiger partial charge in [-0.3, -0.25) is 4.79 Å². The highest BCUT2D eigenvalue weighted by Gasteiger charge is 2.46. The predicted octanol–water partition coefficient (Wildman–Crippen LogP) is 3.73. The first-order chi connectivity index (χ1) is 16.6. The molecule has 0 spiro atoms. The Morgan fingerprint density at radius 3 is 2.53 bits per heavy atom. The fraction of sp³-hybridized carbons (Fsp3) is 0.462. The van der Waals surface area contributed by atoms with Gasteiger partial charge in [0, 0.05) is 35.9 Å². The third-order valence-corrected chi connectivity index (χ3v) is 6.90. The molecule has 3 aliphatic heterocycles. The number of carbonyl (C=O) groups excluding carboxylic acids is 2. The Labute approximate surface area is 199 Å². The summed E-state index contributed by atoms with van der Waals surface area (Å²) in [5.74, 6) is 0.833. The van der Waals surface area contributed by atoms with Gasteiger partial charge in [0.15, 0.2) is 0 Å². The molecule has 34 heavy (non-hydrogen) atoms. The molecule has 0 radical (unpaired) electrons. The van der Waals surface area contributed by atoms with Gasteiger partial charge in [-0.15, -0.1) is 0 Å². The minimum Gasteiger partial charge on any atom is -0.487 e. The minimum atomic E-state index is -0.497. The molecule has 5 rings (SSSR count). The maximum atomic E-state index is 12.8. The molecular weight excluding hydrogens is 434 g/mol. The molecule has 0 unspecified atom stereocenters. The molecule has 4 atom stereocenters. The van der Waals surface area contributed by atoms with Crippen molar-refractivity contribution in [3.8, 4) is 5.75 Å². The number of nitrogens with one attached hydrogen (secondary N) is 2. The van der Waals surface area contributed by atoms with E-state index >= 15 is 0 Å². The molecule has 2 aromatic rings. The fourth-order valence-corrected chi connectivity index (χ4v) is 5.25. The first kappa shape index (κ1) is 22.7. The first-order valence-electron chi connectivity index (χ1n) is 12.1. The van der Waals surface area contributed by atoms with Gasteiger partial charge in [-0.05, 0) is 56.0 Å². The molecule has 3 N–H and O–H groups in total. The number of hydrogen-bond donors (Lipinski definition) is 3. The van der Waals surface area contributed by atoms with Gasteiger partial charge in [-0.1, -0.05) is 18.2 Å². The van der Waals surface area contributed by atoms with Gasteiger partial charge >= 0.3 is 6.03 Å². The third-order valence-electron chi connectivity index (χ3n) is 6.90. The van der Waals surface area contributed by atoms with E-state index < -0.39 is 6.10 Å². The van der Waals surface area contributed by atoms with Crippen LogP contribution in [0.5, 0.6) is 5.75 Å². The van der Waals surface area contributed by atoms with Crippen molar-refractivity contribution in [2.75, 3.05) is 30.3 Å². The summed E-state index contributed by atoms with van der Waals surface area (Å²) in [4.78, 5) is 27.2. The van der Waals surface area contributed by atoms with Crippen molar-refractivity contribution in [1.82, 2.24) is 4.90 Å². The van der Waals surface area contributed by atoms with Gasteiger partial charge in [-0.25, -0.2) is 4.79 Å². The van der Waals surface area contributed by atoms with E-state index in [0.717, 1.165) is 37.2 Å². The molecule has 0 aromatic heterocycles. The molecule has 2 saturated heterocycles. The second-order valence-electron chi connectivity index (χ2n) is 9.25. The summed E-state index contributed by atoms with van der Waals surface area (Å²) in [6.07, 6.45) is 3.14. The lowest BCUT2D eigenvalue weighted by Gasteiger charge is -2.38. The molecule has 2 aromatic carbocycles. The number of nitrogens with zero attached hydrogens (tertiary/aromatic N) is 1. The normalized spacial score (nSPS) is 25.6. The number of anilines is 2. The van der Waals surface area contributed by atoms with Gasteiger partial charge in [-0.2, -0.15) is 0 Å². The summed E-state index contributed by atoms with van der Waals surface area (Å²) in [7, 11) is 0.